The summed E-state index contributed by atoms with van der Waals surface area (Å²) in [6.45, 7) is 1.49. The third kappa shape index (κ3) is 4.41. The van der Waals surface area contributed by atoms with Crippen LogP contribution in [0.2, 0.25) is 5.02 Å². The molecule has 0 radical (unpaired) electrons. The fourth-order valence-electron chi connectivity index (χ4n) is 3.27. The van der Waals surface area contributed by atoms with Gasteiger partial charge in [0, 0.05) is 42.1 Å². The summed E-state index contributed by atoms with van der Waals surface area (Å²) in [4.78, 5) is 34.2. The molecule has 3 heterocycles. The van der Waals surface area contributed by atoms with E-state index in [1.807, 2.05) is 29.0 Å². The second-order valence-corrected chi connectivity index (χ2v) is 7.34. The summed E-state index contributed by atoms with van der Waals surface area (Å²) in [5.74, 6) is -0.388. The minimum absolute atomic E-state index is 0.104. The molecule has 1 aromatic carbocycles. The number of benzene rings is 1. The molecule has 4 rings (SSSR count). The predicted octanol–water partition coefficient (Wildman–Crippen LogP) is 3.11. The van der Waals surface area contributed by atoms with Gasteiger partial charge < -0.3 is 9.88 Å². The van der Waals surface area contributed by atoms with Gasteiger partial charge in [0.05, 0.1) is 12.9 Å². The zero-order chi connectivity index (χ0) is 20.9. The summed E-state index contributed by atoms with van der Waals surface area (Å²) >= 11 is 5.96. The Hall–Kier alpha value is -3.45. The first-order chi connectivity index (χ1) is 14.6. The highest BCUT2D eigenvalue weighted by molar-refractivity contribution is 6.30. The Bertz CT molecular complexity index is 1220. The van der Waals surface area contributed by atoms with E-state index < -0.39 is 0 Å². The largest absolute Gasteiger partial charge is 0.352 e. The first kappa shape index (κ1) is 19.8. The van der Waals surface area contributed by atoms with Crippen LogP contribution < -0.4 is 10.9 Å². The van der Waals surface area contributed by atoms with E-state index in [0.717, 1.165) is 23.9 Å². The fourth-order valence-corrected chi connectivity index (χ4v) is 3.39. The average Bonchev–Trinajstić information content (AvgIpc) is 3.28. The maximum Gasteiger partial charge on any atom is 0.265 e. The van der Waals surface area contributed by atoms with Crippen molar-refractivity contribution in [2.24, 2.45) is 0 Å². The molecule has 1 amide bonds. The van der Waals surface area contributed by atoms with Crippen LogP contribution in [0.3, 0.4) is 0 Å². The molecule has 0 aliphatic heterocycles. The van der Waals surface area contributed by atoms with E-state index in [2.05, 4.69) is 15.3 Å². The monoisotopic (exact) mass is 421 g/mol. The second-order valence-electron chi connectivity index (χ2n) is 6.90. The van der Waals surface area contributed by atoms with Crippen molar-refractivity contribution in [2.75, 3.05) is 6.54 Å². The maximum absolute atomic E-state index is 13.1. The van der Waals surface area contributed by atoms with Gasteiger partial charge in [0.15, 0.2) is 0 Å². The van der Waals surface area contributed by atoms with Crippen LogP contribution in [0.25, 0.3) is 11.0 Å². The molecular weight excluding hydrogens is 402 g/mol. The van der Waals surface area contributed by atoms with Gasteiger partial charge in [-0.1, -0.05) is 23.7 Å². The van der Waals surface area contributed by atoms with Crippen LogP contribution in [0.5, 0.6) is 0 Å². The first-order valence-electron chi connectivity index (χ1n) is 9.59. The molecule has 0 atom stereocenters. The van der Waals surface area contributed by atoms with Crippen LogP contribution in [0.4, 0.5) is 0 Å². The van der Waals surface area contributed by atoms with Crippen molar-refractivity contribution in [2.45, 2.75) is 19.5 Å². The fraction of sp³-hybridized carbons (Fsp3) is 0.182. The molecule has 30 heavy (non-hydrogen) atoms. The Kier molecular flexibility index (Phi) is 5.90. The lowest BCUT2D eigenvalue weighted by atomic mass is 10.1. The van der Waals surface area contributed by atoms with Crippen LogP contribution in [0.1, 0.15) is 22.3 Å². The second kappa shape index (κ2) is 8.92. The third-order valence-corrected chi connectivity index (χ3v) is 5.04. The van der Waals surface area contributed by atoms with Gasteiger partial charge in [-0.15, -0.1) is 0 Å². The number of pyridine rings is 2. The van der Waals surface area contributed by atoms with Crippen LogP contribution in [-0.4, -0.2) is 31.6 Å². The zero-order valence-corrected chi connectivity index (χ0v) is 16.9. The molecule has 8 heteroatoms. The predicted molar refractivity (Wildman–Crippen MR) is 116 cm³/mol. The third-order valence-electron chi connectivity index (χ3n) is 4.78. The van der Waals surface area contributed by atoms with Crippen molar-refractivity contribution in [1.29, 1.82) is 0 Å². The van der Waals surface area contributed by atoms with E-state index in [1.165, 1.54) is 4.57 Å². The molecule has 0 bridgehead atoms. The number of rotatable bonds is 7. The lowest BCUT2D eigenvalue weighted by Gasteiger charge is -2.13. The normalized spacial score (nSPS) is 11.0. The molecule has 0 saturated carbocycles. The van der Waals surface area contributed by atoms with E-state index in [0.29, 0.717) is 23.8 Å². The van der Waals surface area contributed by atoms with Crippen molar-refractivity contribution in [3.05, 3.63) is 93.9 Å². The molecule has 0 aliphatic carbocycles. The number of aromatic nitrogens is 4. The molecule has 152 valence electrons. The van der Waals surface area contributed by atoms with Crippen LogP contribution in [0, 0.1) is 0 Å². The van der Waals surface area contributed by atoms with Gasteiger partial charge in [0.2, 0.25) is 0 Å². The lowest BCUT2D eigenvalue weighted by Crippen LogP contribution is -2.34. The Labute approximate surface area is 178 Å². The minimum Gasteiger partial charge on any atom is -0.352 e. The molecular formula is C22H20ClN5O2. The number of hydrogen-bond donors (Lipinski definition) is 1. The number of halogens is 1. The highest BCUT2D eigenvalue weighted by Crippen LogP contribution is 2.15. The van der Waals surface area contributed by atoms with Crippen LogP contribution >= 0.6 is 11.6 Å². The maximum atomic E-state index is 13.1. The van der Waals surface area contributed by atoms with Gasteiger partial charge in [0.25, 0.3) is 11.5 Å². The van der Waals surface area contributed by atoms with Crippen molar-refractivity contribution < 1.29 is 4.79 Å². The number of hydrogen-bond acceptors (Lipinski definition) is 4. The number of imidazole rings is 1. The number of fused-ring (bicyclic) bond motifs is 1. The van der Waals surface area contributed by atoms with Crippen LogP contribution in [-0.2, 0) is 13.1 Å². The number of amides is 1. The number of carbonyl (C=O) groups is 1. The topological polar surface area (TPSA) is 81.8 Å². The number of nitrogens with one attached hydrogen (secondary N) is 1. The summed E-state index contributed by atoms with van der Waals surface area (Å²) in [5.41, 5.74) is 1.16. The average molecular weight is 422 g/mol. The summed E-state index contributed by atoms with van der Waals surface area (Å²) in [7, 11) is 0. The molecule has 0 saturated heterocycles. The Morgan fingerprint density at radius 1 is 1.13 bits per heavy atom. The Morgan fingerprint density at radius 2 is 1.97 bits per heavy atom. The van der Waals surface area contributed by atoms with Gasteiger partial charge in [-0.2, -0.15) is 0 Å². The number of nitrogens with zero attached hydrogens (tertiary/aromatic N) is 4. The summed E-state index contributed by atoms with van der Waals surface area (Å²) in [6.07, 6.45) is 7.68. The molecule has 0 unspecified atom stereocenters. The van der Waals surface area contributed by atoms with Crippen LogP contribution in [0.15, 0.2) is 72.2 Å². The van der Waals surface area contributed by atoms with E-state index in [-0.39, 0.29) is 17.0 Å². The minimum atomic E-state index is -0.388. The molecule has 0 aliphatic rings. The van der Waals surface area contributed by atoms with Crippen molar-refractivity contribution in [3.8, 4) is 0 Å². The quantitative estimate of drug-likeness (QED) is 0.465. The number of carbonyl (C=O) groups excluding carboxylic acids is 1. The SMILES string of the molecule is O=C(NCCCn1ccnc1)c1cc2cccnc2n(Cc2ccc(Cl)cc2)c1=O. The van der Waals surface area contributed by atoms with Crippen molar-refractivity contribution >= 4 is 28.5 Å². The highest BCUT2D eigenvalue weighted by atomic mass is 35.5. The van der Waals surface area contributed by atoms with Crippen molar-refractivity contribution in [3.63, 3.8) is 0 Å². The lowest BCUT2D eigenvalue weighted by molar-refractivity contribution is 0.0951. The molecule has 1 N–H and O–H groups in total. The summed E-state index contributed by atoms with van der Waals surface area (Å²) in [6, 6.07) is 12.5. The van der Waals surface area contributed by atoms with E-state index >= 15 is 0 Å². The molecule has 0 spiro atoms. The van der Waals surface area contributed by atoms with Gasteiger partial charge in [-0.05, 0) is 42.3 Å². The Balaban J connectivity index is 1.58. The standard InChI is InChI=1S/C22H20ClN5O2/c23-18-6-4-16(5-7-18)14-28-20-17(3-1-8-25-20)13-19(22(28)30)21(29)26-9-2-11-27-12-10-24-15-27/h1,3-8,10,12-13,15H,2,9,11,14H2,(H,26,29). The first-order valence-corrected chi connectivity index (χ1v) is 9.96. The highest BCUT2D eigenvalue weighted by Gasteiger charge is 2.16. The molecule has 7 nitrogen and oxygen atoms in total. The smallest absolute Gasteiger partial charge is 0.265 e. The van der Waals surface area contributed by atoms with E-state index in [1.54, 1.807) is 43.0 Å². The number of aryl methyl sites for hydroxylation is 1. The molecule has 4 aromatic rings. The Morgan fingerprint density at radius 3 is 2.73 bits per heavy atom. The van der Waals surface area contributed by atoms with E-state index in [9.17, 15) is 9.59 Å². The zero-order valence-electron chi connectivity index (χ0n) is 16.2. The molecule has 3 aromatic heterocycles. The van der Waals surface area contributed by atoms with E-state index in [4.69, 9.17) is 11.6 Å². The van der Waals surface area contributed by atoms with Gasteiger partial charge in [-0.25, -0.2) is 9.97 Å². The summed E-state index contributed by atoms with van der Waals surface area (Å²) in [5, 5.41) is 4.20. The van der Waals surface area contributed by atoms with Gasteiger partial charge in [0.1, 0.15) is 11.2 Å². The molecule has 0 fully saturated rings. The van der Waals surface area contributed by atoms with Crippen molar-refractivity contribution in [1.82, 2.24) is 24.4 Å². The summed E-state index contributed by atoms with van der Waals surface area (Å²) < 4.78 is 3.46. The van der Waals surface area contributed by atoms with Gasteiger partial charge >= 0.3 is 0 Å². The van der Waals surface area contributed by atoms with Gasteiger partial charge in [-0.3, -0.25) is 14.2 Å².